The fraction of sp³-hybridized carbons (Fsp3) is 0.545. The van der Waals surface area contributed by atoms with E-state index in [2.05, 4.69) is 20.3 Å². The first-order valence-electron chi connectivity index (χ1n) is 11.4. The lowest BCUT2D eigenvalue weighted by molar-refractivity contribution is -0.137. The molecule has 0 radical (unpaired) electrons. The number of nitrogens with zero attached hydrogens (tertiary/aromatic N) is 5. The van der Waals surface area contributed by atoms with Gasteiger partial charge in [-0.3, -0.25) is 14.7 Å². The number of hydrogen-bond acceptors (Lipinski definition) is 8. The molecule has 2 fully saturated rings. The van der Waals surface area contributed by atoms with Gasteiger partial charge in [0, 0.05) is 25.8 Å². The van der Waals surface area contributed by atoms with E-state index in [1.807, 2.05) is 0 Å². The van der Waals surface area contributed by atoms with Crippen molar-refractivity contribution in [3.05, 3.63) is 41.7 Å². The third-order valence-corrected chi connectivity index (χ3v) is 6.33. The Morgan fingerprint density at radius 2 is 1.94 bits per heavy atom. The van der Waals surface area contributed by atoms with Crippen LogP contribution in [0.5, 0.6) is 0 Å². The fourth-order valence-electron chi connectivity index (χ4n) is 4.31. The topological polar surface area (TPSA) is 110 Å². The number of halogens is 5. The van der Waals surface area contributed by atoms with Gasteiger partial charge in [-0.1, -0.05) is 0 Å². The maximum atomic E-state index is 15.4. The number of nitrogens with one attached hydrogen (secondary N) is 1. The quantitative estimate of drug-likeness (QED) is 0.541. The largest absolute Gasteiger partial charge is 0.417 e. The van der Waals surface area contributed by atoms with E-state index < -0.39 is 35.2 Å². The molecule has 0 bridgehead atoms. The van der Waals surface area contributed by atoms with Crippen LogP contribution in [0.2, 0.25) is 0 Å². The molecule has 0 spiro atoms. The molecule has 2 aromatic heterocycles. The van der Waals surface area contributed by atoms with Gasteiger partial charge in [0.15, 0.2) is 11.6 Å². The molecule has 2 saturated heterocycles. The van der Waals surface area contributed by atoms with Gasteiger partial charge in [0.25, 0.3) is 0 Å². The van der Waals surface area contributed by atoms with Crippen molar-refractivity contribution in [1.29, 1.82) is 0 Å². The molecule has 4 rings (SSSR count). The van der Waals surface area contributed by atoms with Gasteiger partial charge >= 0.3 is 6.18 Å². The van der Waals surface area contributed by atoms with Crippen LogP contribution in [-0.2, 0) is 15.7 Å². The van der Waals surface area contributed by atoms with Gasteiger partial charge in [-0.15, -0.1) is 0 Å². The third-order valence-electron chi connectivity index (χ3n) is 6.33. The Hall–Kier alpha value is -3.13. The Morgan fingerprint density at radius 3 is 2.58 bits per heavy atom. The molecule has 1 amide bonds. The van der Waals surface area contributed by atoms with E-state index in [4.69, 9.17) is 10.5 Å². The molecule has 2 aromatic rings. The summed E-state index contributed by atoms with van der Waals surface area (Å²) >= 11 is 0. The molecule has 36 heavy (non-hydrogen) atoms. The monoisotopic (exact) mass is 515 g/mol. The number of carbonyl (C=O) groups is 1. The van der Waals surface area contributed by atoms with Crippen molar-refractivity contribution in [2.75, 3.05) is 56.2 Å². The summed E-state index contributed by atoms with van der Waals surface area (Å²) in [6.07, 6.45) is -2.40. The highest BCUT2D eigenvalue weighted by atomic mass is 19.4. The summed E-state index contributed by atoms with van der Waals surface area (Å²) in [4.78, 5) is 26.2. The van der Waals surface area contributed by atoms with E-state index in [1.54, 1.807) is 9.80 Å². The smallest absolute Gasteiger partial charge is 0.377 e. The van der Waals surface area contributed by atoms with Crippen molar-refractivity contribution in [2.45, 2.75) is 30.7 Å². The van der Waals surface area contributed by atoms with Crippen LogP contribution in [0, 0.1) is 5.82 Å². The first-order chi connectivity index (χ1) is 17.1. The van der Waals surface area contributed by atoms with Crippen molar-refractivity contribution >= 4 is 17.5 Å². The van der Waals surface area contributed by atoms with Gasteiger partial charge in [-0.25, -0.2) is 14.4 Å². The summed E-state index contributed by atoms with van der Waals surface area (Å²) in [6, 6.07) is 1.46. The number of primary amides is 1. The number of ether oxygens (including phenoxy) is 1. The number of likely N-dealkylation sites (tertiary alicyclic amines) is 1. The second kappa shape index (κ2) is 10.5. The molecule has 0 aromatic carbocycles. The third kappa shape index (κ3) is 5.98. The zero-order valence-corrected chi connectivity index (χ0v) is 19.3. The highest BCUT2D eigenvalue weighted by Crippen LogP contribution is 2.34. The van der Waals surface area contributed by atoms with Crippen LogP contribution in [0.25, 0.3) is 0 Å². The minimum absolute atomic E-state index is 0.0575. The molecule has 3 N–H and O–H groups in total. The second-order valence-corrected chi connectivity index (χ2v) is 8.86. The SMILES string of the molecule is NC(=O)CN1CCC(F)(CNc2ncnc(N3CCOCC3c3ccc(C(F)(F)F)cn3)c2F)CC1. The fourth-order valence-corrected chi connectivity index (χ4v) is 4.31. The standard InChI is InChI=1S/C22H26F5N7O2/c23-18-19(30-12-21(24)3-5-33(6-4-21)10-17(28)35)31-13-32-20(18)34-7-8-36-11-16(34)15-2-1-14(9-29-15)22(25,26)27/h1-2,9,13,16H,3-8,10-12H2,(H2,28,35)(H,30,31,32). The number of aromatic nitrogens is 3. The number of piperidine rings is 1. The molecular weight excluding hydrogens is 489 g/mol. The predicted octanol–water partition coefficient (Wildman–Crippen LogP) is 2.31. The number of amides is 1. The Balaban J connectivity index is 1.47. The Bertz CT molecular complexity index is 1060. The van der Waals surface area contributed by atoms with E-state index in [-0.39, 0.29) is 63.0 Å². The number of nitrogens with two attached hydrogens (primary N) is 1. The Labute approximate surface area is 203 Å². The summed E-state index contributed by atoms with van der Waals surface area (Å²) in [7, 11) is 0. The van der Waals surface area contributed by atoms with Crippen LogP contribution in [0.1, 0.15) is 30.1 Å². The van der Waals surface area contributed by atoms with Crippen molar-refractivity contribution < 1.29 is 31.5 Å². The van der Waals surface area contributed by atoms with Crippen LogP contribution >= 0.6 is 0 Å². The zero-order valence-electron chi connectivity index (χ0n) is 19.3. The van der Waals surface area contributed by atoms with Crippen LogP contribution < -0.4 is 16.0 Å². The highest BCUT2D eigenvalue weighted by Gasteiger charge is 2.36. The minimum Gasteiger partial charge on any atom is -0.377 e. The maximum Gasteiger partial charge on any atom is 0.417 e. The highest BCUT2D eigenvalue weighted by molar-refractivity contribution is 5.75. The lowest BCUT2D eigenvalue weighted by atomic mass is 9.93. The average molecular weight is 515 g/mol. The first-order valence-corrected chi connectivity index (χ1v) is 11.4. The van der Waals surface area contributed by atoms with Crippen LogP contribution in [-0.4, -0.2) is 77.4 Å². The molecule has 1 unspecified atom stereocenters. The molecule has 4 heterocycles. The lowest BCUT2D eigenvalue weighted by Crippen LogP contribution is -2.47. The van der Waals surface area contributed by atoms with Gasteiger partial charge < -0.3 is 20.7 Å². The Kier molecular flexibility index (Phi) is 7.54. The number of morpholine rings is 1. The normalized spacial score (nSPS) is 20.8. The summed E-state index contributed by atoms with van der Waals surface area (Å²) < 4.78 is 74.9. The Morgan fingerprint density at radius 1 is 1.19 bits per heavy atom. The van der Waals surface area contributed by atoms with E-state index >= 15 is 8.78 Å². The molecule has 0 saturated carbocycles. The summed E-state index contributed by atoms with van der Waals surface area (Å²) in [5.41, 5.74) is 2.93. The van der Waals surface area contributed by atoms with Gasteiger partial charge in [-0.2, -0.15) is 17.6 Å². The van der Waals surface area contributed by atoms with Gasteiger partial charge in [0.05, 0.1) is 43.6 Å². The molecule has 14 heteroatoms. The molecule has 196 valence electrons. The zero-order chi connectivity index (χ0) is 25.9. The summed E-state index contributed by atoms with van der Waals surface area (Å²) in [6.45, 7) is 1.07. The molecule has 9 nitrogen and oxygen atoms in total. The van der Waals surface area contributed by atoms with E-state index in [0.29, 0.717) is 13.1 Å². The van der Waals surface area contributed by atoms with Gasteiger partial charge in [-0.05, 0) is 25.0 Å². The number of anilines is 2. The molecule has 0 aliphatic carbocycles. The number of carbonyl (C=O) groups excluding carboxylic acids is 1. The molecule has 2 aliphatic rings. The lowest BCUT2D eigenvalue weighted by Gasteiger charge is -2.37. The minimum atomic E-state index is -4.53. The van der Waals surface area contributed by atoms with E-state index in [1.165, 1.54) is 6.07 Å². The maximum absolute atomic E-state index is 15.4. The number of pyridine rings is 1. The molecule has 2 aliphatic heterocycles. The average Bonchev–Trinajstić information content (AvgIpc) is 2.84. The number of hydrogen-bond donors (Lipinski definition) is 2. The molecular formula is C22H26F5N7O2. The first kappa shape index (κ1) is 25.9. The van der Waals surface area contributed by atoms with Crippen molar-refractivity contribution in [2.24, 2.45) is 5.73 Å². The second-order valence-electron chi connectivity index (χ2n) is 8.86. The van der Waals surface area contributed by atoms with Gasteiger partial charge in [0.2, 0.25) is 11.7 Å². The van der Waals surface area contributed by atoms with Crippen molar-refractivity contribution in [3.63, 3.8) is 0 Å². The number of rotatable bonds is 7. The van der Waals surface area contributed by atoms with Gasteiger partial charge in [0.1, 0.15) is 12.0 Å². The van der Waals surface area contributed by atoms with E-state index in [0.717, 1.165) is 18.6 Å². The van der Waals surface area contributed by atoms with Crippen LogP contribution in [0.15, 0.2) is 24.7 Å². The summed E-state index contributed by atoms with van der Waals surface area (Å²) in [5.74, 6) is -1.58. The van der Waals surface area contributed by atoms with E-state index in [9.17, 15) is 18.0 Å². The molecule has 1 atom stereocenters. The van der Waals surface area contributed by atoms with Crippen molar-refractivity contribution in [3.8, 4) is 0 Å². The summed E-state index contributed by atoms with van der Waals surface area (Å²) in [5, 5.41) is 2.73. The van der Waals surface area contributed by atoms with Crippen LogP contribution in [0.4, 0.5) is 33.6 Å². The van der Waals surface area contributed by atoms with Crippen LogP contribution in [0.3, 0.4) is 0 Å². The van der Waals surface area contributed by atoms with Crippen molar-refractivity contribution in [1.82, 2.24) is 19.9 Å². The number of alkyl halides is 4. The predicted molar refractivity (Wildman–Crippen MR) is 119 cm³/mol.